The van der Waals surface area contributed by atoms with Crippen LogP contribution in [0.4, 0.5) is 14.5 Å². The maximum absolute atomic E-state index is 14.1. The lowest BCUT2D eigenvalue weighted by atomic mass is 10.1. The number of nitrogens with zero attached hydrogens (tertiary/aromatic N) is 1. The number of aromatic amines is 1. The third-order valence-corrected chi connectivity index (χ3v) is 5.63. The highest BCUT2D eigenvalue weighted by Crippen LogP contribution is 2.30. The molecule has 1 aromatic heterocycles. The van der Waals surface area contributed by atoms with Crippen LogP contribution >= 0.6 is 15.9 Å². The molecule has 0 aliphatic rings. The summed E-state index contributed by atoms with van der Waals surface area (Å²) in [5.41, 5.74) is -2.51. The van der Waals surface area contributed by atoms with E-state index in [9.17, 15) is 31.9 Å². The van der Waals surface area contributed by atoms with E-state index in [4.69, 9.17) is 5.11 Å². The maximum atomic E-state index is 14.1. The third-order valence-electron chi connectivity index (χ3n) is 3.76. The number of anilines is 1. The fraction of sp³-hybridized carbons (Fsp3) is 0. The van der Waals surface area contributed by atoms with Crippen molar-refractivity contribution < 1.29 is 32.2 Å². The van der Waals surface area contributed by atoms with Crippen molar-refractivity contribution in [2.24, 2.45) is 0 Å². The molecular formula is C17H10BrF2N3O6S. The minimum atomic E-state index is -4.77. The van der Waals surface area contributed by atoms with E-state index in [2.05, 4.69) is 25.9 Å². The van der Waals surface area contributed by atoms with Crippen molar-refractivity contribution in [2.45, 2.75) is 4.90 Å². The second-order valence-electron chi connectivity index (χ2n) is 5.77. The summed E-state index contributed by atoms with van der Waals surface area (Å²) < 4.78 is 55.4. The molecule has 1 heterocycles. The van der Waals surface area contributed by atoms with E-state index < -0.39 is 55.3 Å². The number of carbonyl (C=O) groups is 1. The summed E-state index contributed by atoms with van der Waals surface area (Å²) in [5, 5.41) is 18.6. The molecule has 0 aliphatic heterocycles. The number of aromatic hydroxyl groups is 1. The summed E-state index contributed by atoms with van der Waals surface area (Å²) in [4.78, 5) is 27.5. The van der Waals surface area contributed by atoms with Crippen molar-refractivity contribution >= 4 is 37.6 Å². The number of aromatic carboxylic acids is 1. The second-order valence-corrected chi connectivity index (χ2v) is 8.30. The normalized spacial score (nSPS) is 11.3. The fourth-order valence-electron chi connectivity index (χ4n) is 2.50. The van der Waals surface area contributed by atoms with Gasteiger partial charge in [-0.3, -0.25) is 9.52 Å². The van der Waals surface area contributed by atoms with Crippen molar-refractivity contribution in [1.82, 2.24) is 9.97 Å². The molecule has 0 fully saturated rings. The molecule has 0 atom stereocenters. The van der Waals surface area contributed by atoms with Gasteiger partial charge in [-0.05, 0) is 24.3 Å². The van der Waals surface area contributed by atoms with Crippen LogP contribution in [0.1, 0.15) is 10.5 Å². The van der Waals surface area contributed by atoms with E-state index in [-0.39, 0.29) is 15.7 Å². The zero-order valence-corrected chi connectivity index (χ0v) is 16.9. The number of rotatable bonds is 5. The van der Waals surface area contributed by atoms with Gasteiger partial charge in [-0.25, -0.2) is 27.0 Å². The molecule has 2 aromatic carbocycles. The average molecular weight is 502 g/mol. The van der Waals surface area contributed by atoms with Gasteiger partial charge in [-0.1, -0.05) is 28.1 Å². The zero-order valence-electron chi connectivity index (χ0n) is 14.5. The lowest BCUT2D eigenvalue weighted by Gasteiger charge is -2.13. The number of nitrogens with one attached hydrogen (secondary N) is 2. The Bertz CT molecular complexity index is 1320. The molecule has 0 saturated heterocycles. The molecular weight excluding hydrogens is 492 g/mol. The molecule has 30 heavy (non-hydrogen) atoms. The summed E-state index contributed by atoms with van der Waals surface area (Å²) in [7, 11) is -4.77. The van der Waals surface area contributed by atoms with Gasteiger partial charge in [-0.15, -0.1) is 0 Å². The Kier molecular flexibility index (Phi) is 5.59. The van der Waals surface area contributed by atoms with Crippen LogP contribution < -0.4 is 10.3 Å². The smallest absolute Gasteiger partial charge is 0.358 e. The molecule has 3 aromatic rings. The molecule has 0 amide bonds. The van der Waals surface area contributed by atoms with Crippen LogP contribution in [0, 0.1) is 11.6 Å². The lowest BCUT2D eigenvalue weighted by molar-refractivity contribution is 0.0686. The van der Waals surface area contributed by atoms with Gasteiger partial charge in [0.1, 0.15) is 17.5 Å². The predicted molar refractivity (Wildman–Crippen MR) is 104 cm³/mol. The van der Waals surface area contributed by atoms with E-state index in [1.54, 1.807) is 0 Å². The number of carboxylic acid groups (broad SMARTS) is 1. The molecule has 0 saturated carbocycles. The van der Waals surface area contributed by atoms with Crippen molar-refractivity contribution in [3.05, 3.63) is 68.6 Å². The summed E-state index contributed by atoms with van der Waals surface area (Å²) >= 11 is 2.85. The first-order chi connectivity index (χ1) is 14.0. The van der Waals surface area contributed by atoms with Gasteiger partial charge in [0.2, 0.25) is 5.75 Å². The van der Waals surface area contributed by atoms with Gasteiger partial charge in [0.05, 0.1) is 5.69 Å². The van der Waals surface area contributed by atoms with Crippen LogP contribution in [0.15, 0.2) is 50.6 Å². The molecule has 3 rings (SSSR count). The Morgan fingerprint density at radius 3 is 2.37 bits per heavy atom. The second kappa shape index (κ2) is 7.84. The van der Waals surface area contributed by atoms with Gasteiger partial charge in [0.25, 0.3) is 15.6 Å². The Balaban J connectivity index is 2.14. The average Bonchev–Trinajstić information content (AvgIpc) is 2.62. The van der Waals surface area contributed by atoms with Crippen LogP contribution in [0.2, 0.25) is 0 Å². The van der Waals surface area contributed by atoms with Crippen molar-refractivity contribution in [2.75, 3.05) is 4.72 Å². The van der Waals surface area contributed by atoms with E-state index in [1.807, 2.05) is 4.72 Å². The fourth-order valence-corrected chi connectivity index (χ4v) is 4.11. The van der Waals surface area contributed by atoms with Gasteiger partial charge in [0.15, 0.2) is 10.6 Å². The zero-order chi connectivity index (χ0) is 22.2. The molecule has 0 spiro atoms. The number of benzene rings is 2. The highest BCUT2D eigenvalue weighted by molar-refractivity contribution is 9.10. The van der Waals surface area contributed by atoms with E-state index in [0.29, 0.717) is 0 Å². The van der Waals surface area contributed by atoms with E-state index in [1.165, 1.54) is 24.3 Å². The number of hydrogen-bond acceptors (Lipinski definition) is 6. The minimum absolute atomic E-state index is 0.0103. The third kappa shape index (κ3) is 4.02. The SMILES string of the molecule is O=C(O)c1nc(-c2ccccc2NS(=O)(=O)c2c(F)cc(Br)cc2F)[nH]c(=O)c1O. The number of H-pyrrole nitrogens is 1. The molecule has 0 bridgehead atoms. The summed E-state index contributed by atoms with van der Waals surface area (Å²) in [6.45, 7) is 0. The summed E-state index contributed by atoms with van der Waals surface area (Å²) in [6, 6.07) is 6.80. The molecule has 4 N–H and O–H groups in total. The Morgan fingerprint density at radius 2 is 1.77 bits per heavy atom. The Morgan fingerprint density at radius 1 is 1.17 bits per heavy atom. The lowest BCUT2D eigenvalue weighted by Crippen LogP contribution is -2.18. The first kappa shape index (κ1) is 21.4. The van der Waals surface area contributed by atoms with Crippen LogP contribution in [-0.4, -0.2) is 34.6 Å². The molecule has 0 unspecified atom stereocenters. The molecule has 9 nitrogen and oxygen atoms in total. The van der Waals surface area contributed by atoms with Crippen molar-refractivity contribution in [3.8, 4) is 17.1 Å². The van der Waals surface area contributed by atoms with Crippen molar-refractivity contribution in [3.63, 3.8) is 0 Å². The first-order valence-electron chi connectivity index (χ1n) is 7.84. The monoisotopic (exact) mass is 501 g/mol. The highest BCUT2D eigenvalue weighted by atomic mass is 79.9. The van der Waals surface area contributed by atoms with Crippen LogP contribution in [-0.2, 0) is 10.0 Å². The van der Waals surface area contributed by atoms with Gasteiger partial charge in [0, 0.05) is 10.0 Å². The molecule has 0 aliphatic carbocycles. The Labute approximate surface area is 175 Å². The standard InChI is InChI=1S/C17H10BrF2N3O6S/c18-7-5-9(19)14(10(20)6-7)30(28,29)23-11-4-2-1-3-8(11)15-21-12(17(26)27)13(24)16(25)22-15/h1-6,23-24H,(H,26,27)(H,21,22,25). The number of aromatic nitrogens is 2. The highest BCUT2D eigenvalue weighted by Gasteiger charge is 2.26. The van der Waals surface area contributed by atoms with Gasteiger partial charge >= 0.3 is 5.97 Å². The molecule has 0 radical (unpaired) electrons. The van der Waals surface area contributed by atoms with E-state index in [0.717, 1.165) is 12.1 Å². The topological polar surface area (TPSA) is 149 Å². The quantitative estimate of drug-likeness (QED) is 0.419. The van der Waals surface area contributed by atoms with Gasteiger partial charge < -0.3 is 15.2 Å². The van der Waals surface area contributed by atoms with Crippen LogP contribution in [0.3, 0.4) is 0 Å². The predicted octanol–water partition coefficient (Wildman–Crippen LogP) is 2.68. The van der Waals surface area contributed by atoms with Crippen molar-refractivity contribution in [1.29, 1.82) is 0 Å². The molecule has 13 heteroatoms. The summed E-state index contributed by atoms with van der Waals surface area (Å²) in [6.07, 6.45) is 0. The number of hydrogen-bond donors (Lipinski definition) is 4. The Hall–Kier alpha value is -3.32. The van der Waals surface area contributed by atoms with Crippen LogP contribution in [0.5, 0.6) is 5.75 Å². The number of sulfonamides is 1. The molecule has 156 valence electrons. The number of para-hydroxylation sites is 1. The first-order valence-corrected chi connectivity index (χ1v) is 10.1. The maximum Gasteiger partial charge on any atom is 0.358 e. The van der Waals surface area contributed by atoms with E-state index >= 15 is 0 Å². The minimum Gasteiger partial charge on any atom is -0.501 e. The van der Waals surface area contributed by atoms with Crippen LogP contribution in [0.25, 0.3) is 11.4 Å². The number of halogens is 3. The largest absolute Gasteiger partial charge is 0.501 e. The summed E-state index contributed by atoms with van der Waals surface area (Å²) in [5.74, 6) is -5.93. The number of carboxylic acids is 1. The van der Waals surface area contributed by atoms with Gasteiger partial charge in [-0.2, -0.15) is 0 Å².